The molecule has 0 aliphatic rings. The first kappa shape index (κ1) is 20.4. The number of carbonyl (C=O) groups excluding carboxylic acids is 1. The molecule has 7 heteroatoms. The van der Waals surface area contributed by atoms with E-state index >= 15 is 0 Å². The number of aromatic nitrogens is 5. The molecule has 0 saturated carbocycles. The van der Waals surface area contributed by atoms with Gasteiger partial charge in [0.25, 0.3) is 5.91 Å². The molecule has 1 amide bonds. The Labute approximate surface area is 191 Å². The maximum absolute atomic E-state index is 13.3. The molecule has 0 aliphatic heterocycles. The summed E-state index contributed by atoms with van der Waals surface area (Å²) in [6, 6.07) is 23.4. The third-order valence-corrected chi connectivity index (χ3v) is 5.27. The minimum Gasteiger partial charge on any atom is -0.348 e. The lowest BCUT2D eigenvalue weighted by molar-refractivity contribution is 0.0951. The number of nitrogens with zero attached hydrogens (tertiary/aromatic N) is 5. The molecule has 33 heavy (non-hydrogen) atoms. The van der Waals surface area contributed by atoms with E-state index < -0.39 is 0 Å². The average molecular weight is 435 g/mol. The van der Waals surface area contributed by atoms with Crippen molar-refractivity contribution in [2.45, 2.75) is 13.5 Å². The number of amides is 1. The first-order valence-electron chi connectivity index (χ1n) is 10.6. The normalized spacial score (nSPS) is 10.8. The van der Waals surface area contributed by atoms with Gasteiger partial charge in [0.15, 0.2) is 5.82 Å². The molecule has 0 atom stereocenters. The van der Waals surface area contributed by atoms with Crippen LogP contribution in [0.15, 0.2) is 97.6 Å². The molecule has 3 heterocycles. The van der Waals surface area contributed by atoms with Gasteiger partial charge in [-0.15, -0.1) is 0 Å². The van der Waals surface area contributed by atoms with Crippen molar-refractivity contribution in [3.63, 3.8) is 0 Å². The van der Waals surface area contributed by atoms with Crippen molar-refractivity contribution < 1.29 is 4.79 Å². The van der Waals surface area contributed by atoms with Gasteiger partial charge in [0.1, 0.15) is 5.69 Å². The Bertz CT molecular complexity index is 1390. The minimum absolute atomic E-state index is 0.189. The van der Waals surface area contributed by atoms with Crippen molar-refractivity contribution in [1.82, 2.24) is 29.9 Å². The predicted molar refractivity (Wildman–Crippen MR) is 126 cm³/mol. The molecule has 162 valence electrons. The van der Waals surface area contributed by atoms with Crippen molar-refractivity contribution in [3.8, 4) is 22.8 Å². The highest BCUT2D eigenvalue weighted by molar-refractivity contribution is 6.00. The van der Waals surface area contributed by atoms with E-state index in [9.17, 15) is 4.79 Å². The standard InChI is InChI=1S/C26H22N6O/c1-19-7-5-8-21(15-19)25-23(18-32(30-25)22-9-3-2-4-10-22)26(33)28-17-20-11-13-27-24(16-20)31-14-6-12-29-31/h2-16,18H,17H2,1H3,(H,28,33). The number of hydrogen-bond acceptors (Lipinski definition) is 4. The van der Waals surface area contributed by atoms with Gasteiger partial charge in [-0.1, -0.05) is 42.0 Å². The zero-order valence-electron chi connectivity index (χ0n) is 18.1. The zero-order valence-corrected chi connectivity index (χ0v) is 18.1. The van der Waals surface area contributed by atoms with Crippen LogP contribution in [-0.2, 0) is 6.54 Å². The molecular formula is C26H22N6O. The fraction of sp³-hybridized carbons (Fsp3) is 0.0769. The fourth-order valence-corrected chi connectivity index (χ4v) is 3.64. The van der Waals surface area contributed by atoms with Gasteiger partial charge in [-0.05, 0) is 48.9 Å². The van der Waals surface area contributed by atoms with Gasteiger partial charge in [-0.25, -0.2) is 14.3 Å². The summed E-state index contributed by atoms with van der Waals surface area (Å²) in [7, 11) is 0. The monoisotopic (exact) mass is 434 g/mol. The lowest BCUT2D eigenvalue weighted by atomic mass is 10.1. The van der Waals surface area contributed by atoms with E-state index in [2.05, 4.69) is 15.4 Å². The molecule has 1 N–H and O–H groups in total. The summed E-state index contributed by atoms with van der Waals surface area (Å²) in [6.45, 7) is 2.39. The van der Waals surface area contributed by atoms with E-state index in [0.29, 0.717) is 23.6 Å². The van der Waals surface area contributed by atoms with Crippen LogP contribution in [0.3, 0.4) is 0 Å². The Morgan fingerprint density at radius 2 is 1.82 bits per heavy atom. The first-order valence-corrected chi connectivity index (χ1v) is 10.6. The van der Waals surface area contributed by atoms with Crippen LogP contribution in [0.1, 0.15) is 21.5 Å². The number of carbonyl (C=O) groups is 1. The summed E-state index contributed by atoms with van der Waals surface area (Å²) in [4.78, 5) is 17.6. The number of aryl methyl sites for hydroxylation is 1. The van der Waals surface area contributed by atoms with Crippen LogP contribution in [0.25, 0.3) is 22.8 Å². The van der Waals surface area contributed by atoms with Gasteiger partial charge in [0.05, 0.1) is 11.3 Å². The van der Waals surface area contributed by atoms with Gasteiger partial charge >= 0.3 is 0 Å². The predicted octanol–water partition coefficient (Wildman–Crippen LogP) is 4.36. The van der Waals surface area contributed by atoms with E-state index in [4.69, 9.17) is 5.10 Å². The van der Waals surface area contributed by atoms with Crippen LogP contribution in [-0.4, -0.2) is 30.5 Å². The highest BCUT2D eigenvalue weighted by Gasteiger charge is 2.19. The molecule has 0 fully saturated rings. The quantitative estimate of drug-likeness (QED) is 0.431. The van der Waals surface area contributed by atoms with Crippen LogP contribution in [0.5, 0.6) is 0 Å². The first-order chi connectivity index (χ1) is 16.2. The molecule has 7 nitrogen and oxygen atoms in total. The maximum atomic E-state index is 13.3. The van der Waals surface area contributed by atoms with Gasteiger partial charge in [-0.2, -0.15) is 10.2 Å². The van der Waals surface area contributed by atoms with E-state index in [0.717, 1.165) is 22.4 Å². The Kier molecular flexibility index (Phi) is 5.51. The molecule has 3 aromatic heterocycles. The SMILES string of the molecule is Cc1cccc(-c2nn(-c3ccccc3)cc2C(=O)NCc2ccnc(-n3cccn3)c2)c1. The van der Waals surface area contributed by atoms with Crippen LogP contribution in [0.4, 0.5) is 0 Å². The second kappa shape index (κ2) is 8.92. The van der Waals surface area contributed by atoms with Crippen LogP contribution in [0.2, 0.25) is 0 Å². The summed E-state index contributed by atoms with van der Waals surface area (Å²) in [5.41, 5.74) is 4.99. The molecular weight excluding hydrogens is 412 g/mol. The Morgan fingerprint density at radius 1 is 0.939 bits per heavy atom. The number of hydrogen-bond donors (Lipinski definition) is 1. The maximum Gasteiger partial charge on any atom is 0.255 e. The Balaban J connectivity index is 1.43. The van der Waals surface area contributed by atoms with E-state index in [-0.39, 0.29) is 5.91 Å². The molecule has 0 unspecified atom stereocenters. The van der Waals surface area contributed by atoms with Crippen LogP contribution >= 0.6 is 0 Å². The highest BCUT2D eigenvalue weighted by atomic mass is 16.1. The second-order valence-electron chi connectivity index (χ2n) is 7.70. The van der Waals surface area contributed by atoms with Gasteiger partial charge < -0.3 is 5.32 Å². The number of para-hydroxylation sites is 1. The molecule has 0 aliphatic carbocycles. The minimum atomic E-state index is -0.189. The van der Waals surface area contributed by atoms with Crippen molar-refractivity contribution >= 4 is 5.91 Å². The molecule has 5 aromatic rings. The largest absolute Gasteiger partial charge is 0.348 e. The summed E-state index contributed by atoms with van der Waals surface area (Å²) in [6.07, 6.45) is 7.03. The van der Waals surface area contributed by atoms with Crippen molar-refractivity contribution in [2.24, 2.45) is 0 Å². The zero-order chi connectivity index (χ0) is 22.6. The highest BCUT2D eigenvalue weighted by Crippen LogP contribution is 2.25. The van der Waals surface area contributed by atoms with E-state index in [1.807, 2.05) is 85.9 Å². The van der Waals surface area contributed by atoms with Crippen LogP contribution < -0.4 is 5.32 Å². The molecule has 0 saturated heterocycles. The van der Waals surface area contributed by atoms with E-state index in [1.54, 1.807) is 28.0 Å². The lowest BCUT2D eigenvalue weighted by Gasteiger charge is -2.07. The number of rotatable bonds is 6. The third kappa shape index (κ3) is 4.43. The second-order valence-corrected chi connectivity index (χ2v) is 7.70. The Morgan fingerprint density at radius 3 is 2.61 bits per heavy atom. The van der Waals surface area contributed by atoms with E-state index in [1.165, 1.54) is 0 Å². The smallest absolute Gasteiger partial charge is 0.255 e. The van der Waals surface area contributed by atoms with Crippen molar-refractivity contribution in [1.29, 1.82) is 0 Å². The molecule has 0 spiro atoms. The molecule has 0 bridgehead atoms. The lowest BCUT2D eigenvalue weighted by Crippen LogP contribution is -2.23. The van der Waals surface area contributed by atoms with Gasteiger partial charge in [0.2, 0.25) is 0 Å². The molecule has 0 radical (unpaired) electrons. The number of benzene rings is 2. The molecule has 5 rings (SSSR count). The van der Waals surface area contributed by atoms with Crippen LogP contribution in [0, 0.1) is 6.92 Å². The molecule has 2 aromatic carbocycles. The summed E-state index contributed by atoms with van der Waals surface area (Å²) in [5, 5.41) is 12.0. The summed E-state index contributed by atoms with van der Waals surface area (Å²) in [5.74, 6) is 0.509. The van der Waals surface area contributed by atoms with Gasteiger partial charge in [0, 0.05) is 36.9 Å². The number of nitrogens with one attached hydrogen (secondary N) is 1. The van der Waals surface area contributed by atoms with Crippen molar-refractivity contribution in [2.75, 3.05) is 0 Å². The topological polar surface area (TPSA) is 77.6 Å². The number of pyridine rings is 1. The van der Waals surface area contributed by atoms with Crippen molar-refractivity contribution in [3.05, 3.63) is 114 Å². The fourth-order valence-electron chi connectivity index (χ4n) is 3.64. The summed E-state index contributed by atoms with van der Waals surface area (Å²) < 4.78 is 3.43. The average Bonchev–Trinajstić information content (AvgIpc) is 3.54. The third-order valence-electron chi connectivity index (χ3n) is 5.27. The van der Waals surface area contributed by atoms with Gasteiger partial charge in [-0.3, -0.25) is 4.79 Å². The summed E-state index contributed by atoms with van der Waals surface area (Å²) >= 11 is 0. The Hall–Kier alpha value is -4.52.